The molecule has 0 aliphatic carbocycles. The average molecular weight is 805 g/mol. The minimum Gasteiger partial charge on any atom is -0.395 e. The Morgan fingerprint density at radius 1 is 0.389 bits per heavy atom. The Bertz CT molecular complexity index is 1780. The Kier molecular flexibility index (Phi) is 16.2. The molecule has 3 aromatic rings. The lowest BCUT2D eigenvalue weighted by atomic mass is 10.3. The zero-order chi connectivity index (χ0) is 39.0. The van der Waals surface area contributed by atoms with E-state index in [0.29, 0.717) is 36.7 Å². The fourth-order valence-electron chi connectivity index (χ4n) is 5.25. The van der Waals surface area contributed by atoms with Crippen molar-refractivity contribution >= 4 is 47.1 Å². The minimum atomic E-state index is -4.07. The molecule has 0 atom stereocenters. The Balaban J connectivity index is 1.67. The molecule has 0 unspecified atom stereocenters. The molecule has 15 nitrogen and oxygen atoms in total. The van der Waals surface area contributed by atoms with E-state index < -0.39 is 30.1 Å². The van der Waals surface area contributed by atoms with Gasteiger partial charge in [0.1, 0.15) is 0 Å². The quantitative estimate of drug-likeness (QED) is 0.122. The summed E-state index contributed by atoms with van der Waals surface area (Å²) in [4.78, 5) is 0.0506. The van der Waals surface area contributed by atoms with Gasteiger partial charge in [-0.3, -0.25) is 0 Å². The molecule has 3 aromatic carbocycles. The lowest BCUT2D eigenvalue weighted by Gasteiger charge is -2.21. The second-order valence-corrected chi connectivity index (χ2v) is 17.7. The number of hydrogen-bond donors (Lipinski definition) is 6. The van der Waals surface area contributed by atoms with E-state index in [4.69, 9.17) is 15.3 Å². The summed E-state index contributed by atoms with van der Waals surface area (Å²) >= 11 is 0. The highest BCUT2D eigenvalue weighted by atomic mass is 32.2. The first-order valence-electron chi connectivity index (χ1n) is 17.2. The van der Waals surface area contributed by atoms with Gasteiger partial charge in [-0.25, -0.2) is 25.3 Å². The zero-order valence-corrected chi connectivity index (χ0v) is 32.2. The van der Waals surface area contributed by atoms with E-state index in [-0.39, 0.29) is 73.8 Å². The van der Waals surface area contributed by atoms with Crippen LogP contribution in [0.4, 0.5) is 17.1 Å². The highest BCUT2D eigenvalue weighted by Gasteiger charge is 2.26. The molecule has 1 heterocycles. The van der Waals surface area contributed by atoms with Gasteiger partial charge in [-0.2, -0.15) is 12.9 Å². The molecule has 1 aliphatic heterocycles. The van der Waals surface area contributed by atoms with Crippen molar-refractivity contribution in [2.75, 3.05) is 94.7 Å². The van der Waals surface area contributed by atoms with Crippen molar-refractivity contribution in [2.45, 2.75) is 14.7 Å². The number of benzene rings is 3. The van der Waals surface area contributed by atoms with Crippen LogP contribution in [0.25, 0.3) is 0 Å². The van der Waals surface area contributed by atoms with Crippen LogP contribution in [0.2, 0.25) is 0 Å². The van der Waals surface area contributed by atoms with Crippen molar-refractivity contribution in [1.29, 1.82) is 0 Å². The molecule has 0 spiro atoms. The van der Waals surface area contributed by atoms with Crippen LogP contribution >= 0.6 is 0 Å². The van der Waals surface area contributed by atoms with Crippen molar-refractivity contribution < 1.29 is 40.6 Å². The van der Waals surface area contributed by atoms with Crippen molar-refractivity contribution in [3.8, 4) is 0 Å². The molecular formula is C36H48N6O9S3. The van der Waals surface area contributed by atoms with Gasteiger partial charge in [0.2, 0.25) is 30.1 Å². The van der Waals surface area contributed by atoms with Crippen molar-refractivity contribution in [2.24, 2.45) is 0 Å². The van der Waals surface area contributed by atoms with Crippen molar-refractivity contribution in [3.63, 3.8) is 0 Å². The summed E-state index contributed by atoms with van der Waals surface area (Å²) in [6.45, 7) is -0.0324. The summed E-state index contributed by atoms with van der Waals surface area (Å²) in [6.07, 6.45) is 9.45. The highest BCUT2D eigenvalue weighted by molar-refractivity contribution is 7.89. The van der Waals surface area contributed by atoms with E-state index in [9.17, 15) is 25.3 Å². The maximum atomic E-state index is 13.8. The summed E-state index contributed by atoms with van der Waals surface area (Å²) in [5, 5.41) is 36.2. The van der Waals surface area contributed by atoms with Crippen LogP contribution in [0.15, 0.2) is 124 Å². The number of nitrogens with zero attached hydrogens (tertiary/aromatic N) is 3. The molecule has 294 valence electrons. The van der Waals surface area contributed by atoms with Gasteiger partial charge >= 0.3 is 0 Å². The third kappa shape index (κ3) is 11.7. The normalized spacial score (nSPS) is 17.8. The topological polar surface area (TPSA) is 209 Å². The van der Waals surface area contributed by atoms with Crippen LogP contribution in [0.5, 0.6) is 0 Å². The van der Waals surface area contributed by atoms with E-state index in [2.05, 4.69) is 16.0 Å². The fourth-order valence-corrected chi connectivity index (χ4v) is 9.28. The highest BCUT2D eigenvalue weighted by Crippen LogP contribution is 2.22. The van der Waals surface area contributed by atoms with Crippen LogP contribution in [0.3, 0.4) is 0 Å². The number of aliphatic hydroxyl groups is 3. The van der Waals surface area contributed by atoms with Gasteiger partial charge in [0.15, 0.2) is 0 Å². The second-order valence-electron chi connectivity index (χ2n) is 11.9. The molecule has 0 saturated carbocycles. The van der Waals surface area contributed by atoms with E-state index in [0.717, 1.165) is 0 Å². The van der Waals surface area contributed by atoms with E-state index in [1.54, 1.807) is 72.9 Å². The SMILES string of the molecule is O=S(=O)(c1ccc(NCCO)cc1)N1C/C=C/CN(S(=O)(=O)c2ccc(NCCO)cc2)C/C=C/CN(S(=O)(=O)c2ccc(NCCO)cc2)C/C=C/C1. The summed E-state index contributed by atoms with van der Waals surface area (Å²) in [5.74, 6) is 0. The second kappa shape index (κ2) is 20.5. The van der Waals surface area contributed by atoms with Crippen LogP contribution < -0.4 is 16.0 Å². The third-order valence-electron chi connectivity index (χ3n) is 8.15. The largest absolute Gasteiger partial charge is 0.395 e. The molecule has 0 amide bonds. The van der Waals surface area contributed by atoms with Crippen LogP contribution in [0, 0.1) is 0 Å². The number of hydrogen-bond acceptors (Lipinski definition) is 12. The van der Waals surface area contributed by atoms with Gasteiger partial charge in [-0.1, -0.05) is 36.5 Å². The summed E-state index contributed by atoms with van der Waals surface area (Å²) in [7, 11) is -12.2. The number of nitrogens with one attached hydrogen (secondary N) is 3. The summed E-state index contributed by atoms with van der Waals surface area (Å²) in [5.41, 5.74) is 1.88. The Labute approximate surface area is 318 Å². The number of aliphatic hydroxyl groups excluding tert-OH is 3. The number of anilines is 3. The first-order chi connectivity index (χ1) is 25.9. The minimum absolute atomic E-state index is 0.0169. The Morgan fingerprint density at radius 2 is 0.593 bits per heavy atom. The maximum absolute atomic E-state index is 13.8. The molecule has 0 bridgehead atoms. The molecule has 0 fully saturated rings. The van der Waals surface area contributed by atoms with Crippen LogP contribution in [0.1, 0.15) is 0 Å². The first-order valence-corrected chi connectivity index (χ1v) is 21.6. The smallest absolute Gasteiger partial charge is 0.243 e. The molecule has 18 heteroatoms. The Hall–Kier alpha value is -4.11. The van der Waals surface area contributed by atoms with Gasteiger partial charge in [-0.05, 0) is 72.8 Å². The van der Waals surface area contributed by atoms with Crippen LogP contribution in [-0.2, 0) is 30.1 Å². The van der Waals surface area contributed by atoms with Crippen molar-refractivity contribution in [1.82, 2.24) is 12.9 Å². The number of sulfonamides is 3. The van der Waals surface area contributed by atoms with Gasteiger partial charge in [0.05, 0.1) is 34.5 Å². The molecular weight excluding hydrogens is 757 g/mol. The molecule has 0 saturated heterocycles. The van der Waals surface area contributed by atoms with E-state index in [1.165, 1.54) is 49.3 Å². The lowest BCUT2D eigenvalue weighted by Crippen LogP contribution is -2.33. The van der Waals surface area contributed by atoms with E-state index >= 15 is 0 Å². The van der Waals surface area contributed by atoms with Gasteiger partial charge in [0.25, 0.3) is 0 Å². The monoisotopic (exact) mass is 804 g/mol. The molecule has 0 radical (unpaired) electrons. The maximum Gasteiger partial charge on any atom is 0.243 e. The van der Waals surface area contributed by atoms with Gasteiger partial charge in [0, 0.05) is 76.0 Å². The van der Waals surface area contributed by atoms with Gasteiger partial charge < -0.3 is 31.3 Å². The third-order valence-corrected chi connectivity index (χ3v) is 13.7. The molecule has 6 N–H and O–H groups in total. The predicted octanol–water partition coefficient (Wildman–Crippen LogP) is 1.95. The van der Waals surface area contributed by atoms with Crippen molar-refractivity contribution in [3.05, 3.63) is 109 Å². The number of rotatable bonds is 15. The first kappa shape index (κ1) is 42.6. The molecule has 4 rings (SSSR count). The Morgan fingerprint density at radius 3 is 0.778 bits per heavy atom. The lowest BCUT2D eigenvalue weighted by molar-refractivity contribution is 0.311. The molecule has 1 aliphatic rings. The van der Waals surface area contributed by atoms with E-state index in [1.807, 2.05) is 0 Å². The fraction of sp³-hybridized carbons (Fsp3) is 0.333. The van der Waals surface area contributed by atoms with Crippen LogP contribution in [-0.4, -0.2) is 132 Å². The average Bonchev–Trinajstić information content (AvgIpc) is 3.18. The zero-order valence-electron chi connectivity index (χ0n) is 29.7. The summed E-state index contributed by atoms with van der Waals surface area (Å²) < 4.78 is 86.7. The molecule has 54 heavy (non-hydrogen) atoms. The van der Waals surface area contributed by atoms with Gasteiger partial charge in [-0.15, -0.1) is 0 Å². The standard InChI is InChI=1S/C36H48N6O9S3/c43-28-19-37-31-7-13-34(14-8-31)52(46,47)40-22-1-2-23-41(53(48,49)35-15-9-32(10-16-35)38-20-29-44)25-5-6-27-42(26-4-3-24-40)54(50,51)36-17-11-33(12-18-36)39-21-30-45/h1-18,37-39,43-45H,19-30H2/b2-1+,4-3+,6-5+. The summed E-state index contributed by atoms with van der Waals surface area (Å²) in [6, 6.07) is 18.2. The predicted molar refractivity (Wildman–Crippen MR) is 210 cm³/mol. The molecule has 0 aromatic heterocycles.